The van der Waals surface area contributed by atoms with Crippen molar-refractivity contribution in [3.05, 3.63) is 64.1 Å². The number of Topliss-reactive ketones (excluding diaryl/α,β-unsaturated/α-hetero) is 1. The SMILES string of the molecule is C=C(C)C(=O)OCCCCOC(=O)COC(=O)C1=CCC(=O)C2=C1Sc1ccccc1C2. The van der Waals surface area contributed by atoms with Crippen LogP contribution in [0.25, 0.3) is 0 Å². The third-order valence-corrected chi connectivity index (χ3v) is 6.11. The molecule has 0 aromatic heterocycles. The fourth-order valence-electron chi connectivity index (χ4n) is 3.14. The van der Waals surface area contributed by atoms with Crippen LogP contribution in [0.1, 0.15) is 31.7 Å². The molecule has 0 amide bonds. The molecule has 0 saturated heterocycles. The first-order chi connectivity index (χ1) is 15.4. The van der Waals surface area contributed by atoms with E-state index in [0.29, 0.717) is 40.9 Å². The molecule has 1 aromatic rings. The van der Waals surface area contributed by atoms with Crippen LogP contribution in [0.2, 0.25) is 0 Å². The zero-order valence-corrected chi connectivity index (χ0v) is 18.6. The Morgan fingerprint density at radius 2 is 1.78 bits per heavy atom. The number of hydrogen-bond donors (Lipinski definition) is 0. The molecular weight excluding hydrogens is 432 g/mol. The molecule has 0 fully saturated rings. The highest BCUT2D eigenvalue weighted by atomic mass is 32.2. The smallest absolute Gasteiger partial charge is 0.344 e. The van der Waals surface area contributed by atoms with Crippen LogP contribution in [-0.4, -0.2) is 43.5 Å². The summed E-state index contributed by atoms with van der Waals surface area (Å²) in [6.07, 6.45) is 3.20. The van der Waals surface area contributed by atoms with Crippen LogP contribution in [-0.2, 0) is 39.8 Å². The lowest BCUT2D eigenvalue weighted by atomic mass is 9.92. The highest BCUT2D eigenvalue weighted by Gasteiger charge is 2.32. The van der Waals surface area contributed by atoms with E-state index in [4.69, 9.17) is 14.2 Å². The minimum atomic E-state index is -0.666. The van der Waals surface area contributed by atoms with Gasteiger partial charge in [0.15, 0.2) is 12.4 Å². The summed E-state index contributed by atoms with van der Waals surface area (Å²) < 4.78 is 15.1. The number of carbonyl (C=O) groups excluding carboxylic acids is 4. The van der Waals surface area contributed by atoms with Gasteiger partial charge in [0.1, 0.15) is 0 Å². The predicted molar refractivity (Wildman–Crippen MR) is 118 cm³/mol. The van der Waals surface area contributed by atoms with Crippen LogP contribution >= 0.6 is 11.8 Å². The van der Waals surface area contributed by atoms with E-state index in [9.17, 15) is 19.2 Å². The molecule has 0 spiro atoms. The molecule has 7 nitrogen and oxygen atoms in total. The van der Waals surface area contributed by atoms with E-state index >= 15 is 0 Å². The van der Waals surface area contributed by atoms with E-state index in [1.165, 1.54) is 11.8 Å². The van der Waals surface area contributed by atoms with Gasteiger partial charge in [-0.25, -0.2) is 14.4 Å². The van der Waals surface area contributed by atoms with E-state index in [1.54, 1.807) is 13.0 Å². The van der Waals surface area contributed by atoms with Gasteiger partial charge in [-0.3, -0.25) is 4.79 Å². The van der Waals surface area contributed by atoms with E-state index in [0.717, 1.165) is 10.5 Å². The van der Waals surface area contributed by atoms with Crippen molar-refractivity contribution in [3.63, 3.8) is 0 Å². The number of unbranched alkanes of at least 4 members (excludes halogenated alkanes) is 1. The molecule has 0 radical (unpaired) electrons. The predicted octanol–water partition coefficient (Wildman–Crippen LogP) is 3.47. The van der Waals surface area contributed by atoms with Gasteiger partial charge in [0.2, 0.25) is 0 Å². The first-order valence-corrected chi connectivity index (χ1v) is 11.1. The van der Waals surface area contributed by atoms with Crippen molar-refractivity contribution in [2.24, 2.45) is 0 Å². The average Bonchev–Trinajstić information content (AvgIpc) is 2.78. The van der Waals surface area contributed by atoms with E-state index in [1.807, 2.05) is 24.3 Å². The van der Waals surface area contributed by atoms with Crippen LogP contribution in [0.4, 0.5) is 0 Å². The molecule has 1 heterocycles. The van der Waals surface area contributed by atoms with Crippen LogP contribution < -0.4 is 0 Å². The van der Waals surface area contributed by atoms with Crippen molar-refractivity contribution in [2.75, 3.05) is 19.8 Å². The Morgan fingerprint density at radius 1 is 1.06 bits per heavy atom. The van der Waals surface area contributed by atoms with Crippen LogP contribution in [0.5, 0.6) is 0 Å². The second kappa shape index (κ2) is 10.9. The fourth-order valence-corrected chi connectivity index (χ4v) is 4.37. The Labute approximate surface area is 190 Å². The lowest BCUT2D eigenvalue weighted by molar-refractivity contribution is -0.156. The molecule has 0 saturated carbocycles. The van der Waals surface area contributed by atoms with Gasteiger partial charge in [-0.15, -0.1) is 0 Å². The molecule has 32 heavy (non-hydrogen) atoms. The summed E-state index contributed by atoms with van der Waals surface area (Å²) in [5.41, 5.74) is 2.30. The van der Waals surface area contributed by atoms with Gasteiger partial charge in [0, 0.05) is 33.8 Å². The summed E-state index contributed by atoms with van der Waals surface area (Å²) in [7, 11) is 0. The Kier molecular flexibility index (Phi) is 8.05. The van der Waals surface area contributed by atoms with Gasteiger partial charge in [0.05, 0.1) is 18.8 Å². The molecule has 1 aliphatic carbocycles. The average molecular weight is 457 g/mol. The maximum Gasteiger partial charge on any atom is 0.344 e. The van der Waals surface area contributed by atoms with Crippen LogP contribution in [0.15, 0.2) is 63.4 Å². The minimum Gasteiger partial charge on any atom is -0.463 e. The Morgan fingerprint density at radius 3 is 2.53 bits per heavy atom. The molecule has 0 atom stereocenters. The largest absolute Gasteiger partial charge is 0.463 e. The van der Waals surface area contributed by atoms with E-state index in [-0.39, 0.29) is 25.4 Å². The number of ketones is 1. The molecule has 0 N–H and O–H groups in total. The zero-order chi connectivity index (χ0) is 23.1. The van der Waals surface area contributed by atoms with Crippen molar-refractivity contribution < 1.29 is 33.4 Å². The van der Waals surface area contributed by atoms with Gasteiger partial charge < -0.3 is 14.2 Å². The van der Waals surface area contributed by atoms with Crippen molar-refractivity contribution >= 4 is 35.5 Å². The van der Waals surface area contributed by atoms with Crippen molar-refractivity contribution in [1.82, 2.24) is 0 Å². The highest BCUT2D eigenvalue weighted by molar-refractivity contribution is 8.03. The Balaban J connectivity index is 1.44. The van der Waals surface area contributed by atoms with Gasteiger partial charge in [-0.1, -0.05) is 42.6 Å². The summed E-state index contributed by atoms with van der Waals surface area (Å²) in [6.45, 7) is 4.87. The van der Waals surface area contributed by atoms with Gasteiger partial charge in [-0.05, 0) is 31.4 Å². The van der Waals surface area contributed by atoms with Crippen molar-refractivity contribution in [1.29, 1.82) is 0 Å². The van der Waals surface area contributed by atoms with Gasteiger partial charge in [-0.2, -0.15) is 0 Å². The topological polar surface area (TPSA) is 96.0 Å². The molecule has 8 heteroatoms. The van der Waals surface area contributed by atoms with Gasteiger partial charge >= 0.3 is 17.9 Å². The molecule has 1 aromatic carbocycles. The summed E-state index contributed by atoms with van der Waals surface area (Å²) in [5.74, 6) is -1.78. The lowest BCUT2D eigenvalue weighted by Gasteiger charge is -2.25. The highest BCUT2D eigenvalue weighted by Crippen LogP contribution is 2.44. The number of ether oxygens (including phenoxy) is 3. The molecule has 3 rings (SSSR count). The number of hydrogen-bond acceptors (Lipinski definition) is 8. The number of rotatable bonds is 9. The normalized spacial score (nSPS) is 14.7. The summed E-state index contributed by atoms with van der Waals surface area (Å²) in [4.78, 5) is 49.7. The second-order valence-electron chi connectivity index (χ2n) is 7.36. The Bertz CT molecular complexity index is 1020. The maximum absolute atomic E-state index is 12.6. The third kappa shape index (κ3) is 5.97. The number of thioether (sulfide) groups is 1. The molecule has 0 unspecified atom stereocenters. The molecule has 2 aliphatic rings. The van der Waals surface area contributed by atoms with Crippen LogP contribution in [0, 0.1) is 0 Å². The Hall–Kier alpha value is -3.13. The van der Waals surface area contributed by atoms with Crippen molar-refractivity contribution in [2.45, 2.75) is 37.5 Å². The fraction of sp³-hybridized carbons (Fsp3) is 0.333. The van der Waals surface area contributed by atoms with Gasteiger partial charge in [0.25, 0.3) is 0 Å². The number of esters is 3. The lowest BCUT2D eigenvalue weighted by Crippen LogP contribution is -2.23. The van der Waals surface area contributed by atoms with Crippen LogP contribution in [0.3, 0.4) is 0 Å². The maximum atomic E-state index is 12.6. The number of allylic oxidation sites excluding steroid dienone is 2. The minimum absolute atomic E-state index is 0.00751. The molecular formula is C24H24O7S. The standard InChI is InChI=1S/C24H24O7S/c1-15(2)23(27)30-12-6-5-11-29-21(26)14-31-24(28)17-9-10-19(25)18-13-16-7-3-4-8-20(16)32-22(17)18/h3-4,7-9H,1,5-6,10-14H2,2H3. The van der Waals surface area contributed by atoms with E-state index < -0.39 is 24.5 Å². The summed E-state index contributed by atoms with van der Waals surface area (Å²) in [5, 5.41) is 0. The monoisotopic (exact) mass is 456 g/mol. The second-order valence-corrected chi connectivity index (χ2v) is 8.41. The molecule has 168 valence electrons. The number of fused-ring (bicyclic) bond motifs is 1. The molecule has 1 aliphatic heterocycles. The molecule has 0 bridgehead atoms. The van der Waals surface area contributed by atoms with Crippen molar-refractivity contribution in [3.8, 4) is 0 Å². The summed E-state index contributed by atoms with van der Waals surface area (Å²) >= 11 is 1.37. The summed E-state index contributed by atoms with van der Waals surface area (Å²) in [6, 6.07) is 7.74. The third-order valence-electron chi connectivity index (χ3n) is 4.82. The van der Waals surface area contributed by atoms with E-state index in [2.05, 4.69) is 6.58 Å². The first-order valence-electron chi connectivity index (χ1n) is 10.2. The zero-order valence-electron chi connectivity index (χ0n) is 17.8. The quantitative estimate of drug-likeness (QED) is 0.241. The first kappa shape index (κ1) is 23.5. The number of carbonyl (C=O) groups is 4. The number of benzene rings is 1.